The Morgan fingerprint density at radius 1 is 1.21 bits per heavy atom. The maximum atomic E-state index is 14.8. The van der Waals surface area contributed by atoms with Crippen LogP contribution in [0.1, 0.15) is 18.2 Å². The molecule has 0 N–H and O–H groups in total. The van der Waals surface area contributed by atoms with Gasteiger partial charge in [-0.2, -0.15) is 31.1 Å². The molecule has 0 bridgehead atoms. The second kappa shape index (κ2) is 8.06. The predicted molar refractivity (Wildman–Crippen MR) is 110 cm³/mol. The zero-order valence-corrected chi connectivity index (χ0v) is 18.6. The molecule has 0 amide bonds. The van der Waals surface area contributed by atoms with Crippen molar-refractivity contribution in [3.63, 3.8) is 0 Å². The van der Waals surface area contributed by atoms with Gasteiger partial charge in [0.05, 0.1) is 28.3 Å². The summed E-state index contributed by atoms with van der Waals surface area (Å²) >= 11 is 0.801. The normalized spacial score (nSPS) is 14.1. The number of nitrogens with zero attached hydrogens (tertiary/aromatic N) is 3. The van der Waals surface area contributed by atoms with Crippen LogP contribution in [0.15, 0.2) is 50.6 Å². The van der Waals surface area contributed by atoms with Crippen LogP contribution in [0, 0.1) is 5.82 Å². The highest BCUT2D eigenvalue weighted by molar-refractivity contribution is 7.98. The molecular formula is C20H14F4N3O4S2-. The molecule has 1 aliphatic rings. The lowest BCUT2D eigenvalue weighted by Gasteiger charge is -2.20. The van der Waals surface area contributed by atoms with E-state index in [2.05, 4.69) is 9.50 Å². The number of benzene rings is 2. The van der Waals surface area contributed by atoms with Crippen LogP contribution in [0.2, 0.25) is 0 Å². The Morgan fingerprint density at radius 3 is 2.45 bits per heavy atom. The lowest BCUT2D eigenvalue weighted by molar-refractivity contribution is -0.215. The largest absolute Gasteiger partial charge is 0.861 e. The summed E-state index contributed by atoms with van der Waals surface area (Å²) in [7, 11) is -2.97. The van der Waals surface area contributed by atoms with Crippen LogP contribution in [0.25, 0.3) is 16.9 Å². The van der Waals surface area contributed by atoms with Crippen molar-refractivity contribution < 1.29 is 35.8 Å². The molecule has 3 aromatic rings. The Bertz CT molecular complexity index is 1380. The average Bonchev–Trinajstić information content (AvgIpc) is 3.14. The van der Waals surface area contributed by atoms with Gasteiger partial charge in [-0.25, -0.2) is 9.07 Å². The van der Waals surface area contributed by atoms with E-state index in [1.54, 1.807) is 0 Å². The third kappa shape index (κ3) is 4.06. The van der Waals surface area contributed by atoms with Crippen LogP contribution in [-0.4, -0.2) is 31.2 Å². The highest BCUT2D eigenvalue weighted by Gasteiger charge is 2.42. The summed E-state index contributed by atoms with van der Waals surface area (Å²) in [5.41, 5.74) is -0.616. The van der Waals surface area contributed by atoms with E-state index in [1.165, 1.54) is 31.4 Å². The molecule has 0 radical (unpaired) electrons. The molecule has 33 heavy (non-hydrogen) atoms. The number of fused-ring (bicyclic) bond motifs is 3. The van der Waals surface area contributed by atoms with E-state index in [4.69, 9.17) is 4.74 Å². The number of methoxy groups -OCH3 is 1. The third-order valence-electron chi connectivity index (χ3n) is 4.78. The third-order valence-corrected chi connectivity index (χ3v) is 7.26. The minimum atomic E-state index is -4.77. The minimum Gasteiger partial charge on any atom is -0.861 e. The summed E-state index contributed by atoms with van der Waals surface area (Å²) in [6.45, 7) is 0.976. The van der Waals surface area contributed by atoms with Gasteiger partial charge in [0, 0.05) is 16.9 Å². The number of halogens is 4. The van der Waals surface area contributed by atoms with Gasteiger partial charge in [-0.3, -0.25) is 0 Å². The number of thioether (sulfide) groups is 1. The first-order chi connectivity index (χ1) is 15.4. The van der Waals surface area contributed by atoms with Crippen LogP contribution in [0.5, 0.6) is 5.75 Å². The molecule has 7 nitrogen and oxygen atoms in total. The summed E-state index contributed by atoms with van der Waals surface area (Å²) in [4.78, 5) is -0.480. The van der Waals surface area contributed by atoms with E-state index in [0.29, 0.717) is 0 Å². The standard InChI is InChI=1S/C20H15F4N3O4S2/c1-10(28)26-33(29,30)12-5-3-11(4-6-12)27-17-13-7-8-15(31-2)16(21)14(13)9-32-18(17)19(25-27)20(22,23)24/h3-8H,9H2,1-2H3,(H,26,28)/p-1. The number of hydrogen-bond acceptors (Lipinski definition) is 6. The monoisotopic (exact) mass is 500 g/mol. The first-order valence-electron chi connectivity index (χ1n) is 9.22. The topological polar surface area (TPSA) is 96.6 Å². The second-order valence-electron chi connectivity index (χ2n) is 6.91. The van der Waals surface area contributed by atoms with Gasteiger partial charge in [0.25, 0.3) is 10.0 Å². The van der Waals surface area contributed by atoms with E-state index in [1.807, 2.05) is 0 Å². The molecule has 0 saturated heterocycles. The Kier molecular flexibility index (Phi) is 5.65. The molecule has 0 fully saturated rings. The Hall–Kier alpha value is -3.06. The average molecular weight is 500 g/mol. The van der Waals surface area contributed by atoms with Crippen molar-refractivity contribution >= 4 is 27.7 Å². The molecule has 0 unspecified atom stereocenters. The summed E-state index contributed by atoms with van der Waals surface area (Å²) in [5.74, 6) is -1.68. The van der Waals surface area contributed by atoms with Crippen LogP contribution in [-0.2, 0) is 22.0 Å². The van der Waals surface area contributed by atoms with Gasteiger partial charge in [-0.1, -0.05) is 0 Å². The quantitative estimate of drug-likeness (QED) is 0.307. The molecule has 0 saturated carbocycles. The van der Waals surface area contributed by atoms with Crippen molar-refractivity contribution in [2.75, 3.05) is 7.11 Å². The van der Waals surface area contributed by atoms with Gasteiger partial charge in [0.1, 0.15) is 0 Å². The number of sulfonamides is 1. The zero-order chi connectivity index (χ0) is 24.1. The van der Waals surface area contributed by atoms with Gasteiger partial charge >= 0.3 is 6.18 Å². The van der Waals surface area contributed by atoms with Gasteiger partial charge in [-0.15, -0.1) is 11.8 Å². The molecule has 1 aliphatic heterocycles. The fraction of sp³-hybridized carbons (Fsp3) is 0.200. The van der Waals surface area contributed by atoms with Crippen molar-refractivity contribution in [2.24, 2.45) is 4.40 Å². The molecule has 0 aliphatic carbocycles. The summed E-state index contributed by atoms with van der Waals surface area (Å²) in [5, 5.41) is 14.8. The predicted octanol–water partition coefficient (Wildman–Crippen LogP) is 3.78. The first-order valence-corrected chi connectivity index (χ1v) is 11.6. The molecule has 2 aromatic carbocycles. The molecule has 0 spiro atoms. The SMILES string of the molecule is COc1ccc2c(c1F)CSc1c(C(F)(F)F)nn(-c3ccc(S(=O)(=O)/N=C(\C)[O-])cc3)c1-2. The molecule has 13 heteroatoms. The molecule has 4 rings (SSSR count). The van der Waals surface area contributed by atoms with Crippen molar-refractivity contribution in [1.82, 2.24) is 9.78 Å². The lowest BCUT2D eigenvalue weighted by atomic mass is 10.0. The number of aromatic nitrogens is 2. The number of alkyl halides is 3. The van der Waals surface area contributed by atoms with E-state index in [-0.39, 0.29) is 43.8 Å². The minimum absolute atomic E-state index is 0.0270. The van der Waals surface area contributed by atoms with E-state index < -0.39 is 33.6 Å². The van der Waals surface area contributed by atoms with E-state index in [9.17, 15) is 31.1 Å². The van der Waals surface area contributed by atoms with Crippen LogP contribution < -0.4 is 9.84 Å². The first kappa shape index (κ1) is 23.1. The number of ether oxygens (including phenoxy) is 1. The number of hydrogen-bond donors (Lipinski definition) is 0. The Labute approximate surface area is 189 Å². The molecular weight excluding hydrogens is 486 g/mol. The summed E-state index contributed by atoms with van der Waals surface area (Å²) < 4.78 is 89.2. The summed E-state index contributed by atoms with van der Waals surface area (Å²) in [6, 6.07) is 7.44. The Balaban J connectivity index is 1.92. The van der Waals surface area contributed by atoms with Gasteiger partial charge < -0.3 is 9.84 Å². The molecule has 0 atom stereocenters. The fourth-order valence-electron chi connectivity index (χ4n) is 3.40. The second-order valence-corrected chi connectivity index (χ2v) is 9.50. The molecule has 1 aromatic heterocycles. The maximum absolute atomic E-state index is 14.8. The van der Waals surface area contributed by atoms with Gasteiger partial charge in [-0.05, 0) is 49.2 Å². The van der Waals surface area contributed by atoms with Crippen LogP contribution in [0.4, 0.5) is 17.6 Å². The van der Waals surface area contributed by atoms with E-state index >= 15 is 0 Å². The lowest BCUT2D eigenvalue weighted by Crippen LogP contribution is -2.15. The maximum Gasteiger partial charge on any atom is 0.436 e. The van der Waals surface area contributed by atoms with Crippen molar-refractivity contribution in [3.05, 3.63) is 53.5 Å². The van der Waals surface area contributed by atoms with Crippen LogP contribution >= 0.6 is 11.8 Å². The van der Waals surface area contributed by atoms with E-state index in [0.717, 1.165) is 35.5 Å². The van der Waals surface area contributed by atoms with Crippen molar-refractivity contribution in [3.8, 4) is 22.7 Å². The number of rotatable bonds is 4. The van der Waals surface area contributed by atoms with Crippen LogP contribution in [0.3, 0.4) is 0 Å². The van der Waals surface area contributed by atoms with Gasteiger partial charge in [0.2, 0.25) is 0 Å². The zero-order valence-electron chi connectivity index (χ0n) is 17.0. The Morgan fingerprint density at radius 2 is 1.88 bits per heavy atom. The van der Waals surface area contributed by atoms with Crippen molar-refractivity contribution in [2.45, 2.75) is 28.6 Å². The molecule has 2 heterocycles. The van der Waals surface area contributed by atoms with Gasteiger partial charge in [0.15, 0.2) is 17.3 Å². The smallest absolute Gasteiger partial charge is 0.436 e. The highest BCUT2D eigenvalue weighted by atomic mass is 32.2. The van der Waals surface area contributed by atoms with Crippen molar-refractivity contribution in [1.29, 1.82) is 0 Å². The summed E-state index contributed by atoms with van der Waals surface area (Å²) in [6.07, 6.45) is -4.77. The fourth-order valence-corrected chi connectivity index (χ4v) is 5.52. The highest BCUT2D eigenvalue weighted by Crippen LogP contribution is 2.49. The molecule has 174 valence electrons.